The van der Waals surface area contributed by atoms with E-state index in [1.54, 1.807) is 12.1 Å². The van der Waals surface area contributed by atoms with Crippen molar-refractivity contribution in [3.63, 3.8) is 0 Å². The van der Waals surface area contributed by atoms with E-state index in [0.29, 0.717) is 25.2 Å². The van der Waals surface area contributed by atoms with Gasteiger partial charge in [0.25, 0.3) is 0 Å². The Morgan fingerprint density at radius 3 is 1.53 bits per heavy atom. The van der Waals surface area contributed by atoms with Gasteiger partial charge in [-0.3, -0.25) is 4.57 Å². The first kappa shape index (κ1) is 33.9. The maximum absolute atomic E-state index is 11.3. The van der Waals surface area contributed by atoms with Crippen molar-refractivity contribution >= 4 is 18.6 Å². The number of imidazole rings is 1. The number of benzene rings is 2. The molecule has 53 heavy (non-hydrogen) atoms. The highest BCUT2D eigenvalue weighted by Crippen LogP contribution is 2.38. The van der Waals surface area contributed by atoms with Gasteiger partial charge < -0.3 is 14.8 Å². The predicted octanol–water partition coefficient (Wildman–Crippen LogP) is 5.25. The molecule has 6 aromatic heterocycles. The molecule has 0 saturated carbocycles. The molecule has 0 amide bonds. The molecule has 0 aliphatic rings. The fourth-order valence-corrected chi connectivity index (χ4v) is 7.09. The van der Waals surface area contributed by atoms with Crippen LogP contribution in [-0.4, -0.2) is 24.7 Å². The van der Waals surface area contributed by atoms with Crippen LogP contribution in [-0.2, 0) is 30.4 Å². The Morgan fingerprint density at radius 1 is 0.528 bits per heavy atom. The molecule has 0 aliphatic carbocycles. The van der Waals surface area contributed by atoms with Crippen LogP contribution >= 0.6 is 7.60 Å². The molecular formula is C42H38N7O3P+4. The van der Waals surface area contributed by atoms with Gasteiger partial charge in [0.05, 0.1) is 17.2 Å². The van der Waals surface area contributed by atoms with E-state index >= 15 is 0 Å². The molecule has 0 aliphatic heterocycles. The zero-order valence-corrected chi connectivity index (χ0v) is 29.7. The number of fused-ring (bicyclic) bond motifs is 1. The standard InChI is InChI=1S/C42H35N7O3P/c50-53(51,52)31-32-8-10-39(11-9-32)49-26-18-36(19-27-49)35-14-22-47(23-15-35)29-38-5-3-4-37(43-38)28-46-20-12-33(13-21-46)34-16-24-48(25-17-34)30-42-44-40-6-1-2-7-41(40)45-42/h1-27H,28-31H2/q+1/p+3. The number of nitrogens with zero attached hydrogens (tertiary/aromatic N) is 6. The van der Waals surface area contributed by atoms with Crippen LogP contribution < -0.4 is 18.3 Å². The number of para-hydroxylation sites is 2. The summed E-state index contributed by atoms with van der Waals surface area (Å²) in [7, 11) is -4.09. The lowest BCUT2D eigenvalue weighted by Gasteiger charge is -2.04. The molecule has 0 unspecified atom stereocenters. The Balaban J connectivity index is 0.862. The molecule has 8 rings (SSSR count). The number of rotatable bonds is 11. The summed E-state index contributed by atoms with van der Waals surface area (Å²) >= 11 is 0. The average Bonchev–Trinajstić information content (AvgIpc) is 3.58. The summed E-state index contributed by atoms with van der Waals surface area (Å²) in [4.78, 5) is 31.5. The van der Waals surface area contributed by atoms with Crippen molar-refractivity contribution in [1.29, 1.82) is 0 Å². The van der Waals surface area contributed by atoms with E-state index in [9.17, 15) is 14.4 Å². The third kappa shape index (κ3) is 8.48. The van der Waals surface area contributed by atoms with Crippen molar-refractivity contribution in [2.24, 2.45) is 0 Å². The monoisotopic (exact) mass is 719 g/mol. The summed E-state index contributed by atoms with van der Waals surface area (Å²) in [5, 5.41) is 0. The fourth-order valence-electron chi connectivity index (χ4n) is 6.40. The second-order valence-corrected chi connectivity index (χ2v) is 14.7. The highest BCUT2D eigenvalue weighted by molar-refractivity contribution is 7.50. The summed E-state index contributed by atoms with van der Waals surface area (Å²) in [6.45, 7) is 2.02. The van der Waals surface area contributed by atoms with Gasteiger partial charge in [0, 0.05) is 60.7 Å². The van der Waals surface area contributed by atoms with Crippen LogP contribution in [0.25, 0.3) is 39.0 Å². The van der Waals surface area contributed by atoms with E-state index in [1.807, 2.05) is 53.4 Å². The molecule has 0 spiro atoms. The van der Waals surface area contributed by atoms with Crippen LogP contribution in [0.5, 0.6) is 0 Å². The average molecular weight is 720 g/mol. The van der Waals surface area contributed by atoms with Gasteiger partial charge in [-0.1, -0.05) is 30.3 Å². The molecular weight excluding hydrogens is 681 g/mol. The number of nitrogens with one attached hydrogen (secondary N) is 1. The molecule has 0 bridgehead atoms. The van der Waals surface area contributed by atoms with Crippen molar-refractivity contribution in [2.75, 3.05) is 0 Å². The number of H-pyrrole nitrogens is 1. The van der Waals surface area contributed by atoms with Crippen molar-refractivity contribution in [2.45, 2.75) is 25.8 Å². The zero-order valence-electron chi connectivity index (χ0n) is 28.9. The maximum Gasteiger partial charge on any atom is 0.329 e. The quantitative estimate of drug-likeness (QED) is 0.125. The molecule has 3 N–H and O–H groups in total. The summed E-state index contributed by atoms with van der Waals surface area (Å²) in [6, 6.07) is 38.4. The minimum atomic E-state index is -4.09. The van der Waals surface area contributed by atoms with Crippen LogP contribution in [0, 0.1) is 0 Å². The molecule has 11 heteroatoms. The van der Waals surface area contributed by atoms with Gasteiger partial charge in [-0.15, -0.1) is 0 Å². The third-order valence-electron chi connectivity index (χ3n) is 9.12. The smallest absolute Gasteiger partial charge is 0.329 e. The molecule has 260 valence electrons. The van der Waals surface area contributed by atoms with Gasteiger partial charge >= 0.3 is 7.60 Å². The number of hydrogen-bond donors (Lipinski definition) is 3. The fraction of sp³-hybridized carbons (Fsp3) is 0.0952. The van der Waals surface area contributed by atoms with Gasteiger partial charge in [0.2, 0.25) is 12.2 Å². The van der Waals surface area contributed by atoms with Crippen molar-refractivity contribution in [3.05, 3.63) is 188 Å². The van der Waals surface area contributed by atoms with Gasteiger partial charge in [-0.2, -0.15) is 18.3 Å². The number of pyridine rings is 5. The van der Waals surface area contributed by atoms with Crippen LogP contribution in [0.3, 0.4) is 0 Å². The molecule has 0 radical (unpaired) electrons. The summed E-state index contributed by atoms with van der Waals surface area (Å²) in [5.41, 5.74) is 10.0. The second kappa shape index (κ2) is 14.8. The van der Waals surface area contributed by atoms with E-state index in [0.717, 1.165) is 56.2 Å². The summed E-state index contributed by atoms with van der Waals surface area (Å²) in [6.07, 6.45) is 16.2. The molecule has 10 nitrogen and oxygen atoms in total. The molecule has 8 aromatic rings. The highest BCUT2D eigenvalue weighted by atomic mass is 31.2. The number of aromatic nitrogens is 7. The van der Waals surface area contributed by atoms with Gasteiger partial charge in [-0.05, 0) is 52.1 Å². The Kier molecular flexibility index (Phi) is 9.48. The zero-order chi connectivity index (χ0) is 36.2. The maximum atomic E-state index is 11.3. The Bertz CT molecular complexity index is 2500. The molecule has 0 atom stereocenters. The van der Waals surface area contributed by atoms with Crippen molar-refractivity contribution in [3.8, 4) is 27.9 Å². The topological polar surface area (TPSA) is 115 Å². The van der Waals surface area contributed by atoms with Gasteiger partial charge in [0.15, 0.2) is 68.5 Å². The lowest BCUT2D eigenvalue weighted by Crippen LogP contribution is -2.35. The molecule has 0 saturated heterocycles. The van der Waals surface area contributed by atoms with E-state index in [4.69, 9.17) is 9.97 Å². The van der Waals surface area contributed by atoms with Crippen molar-refractivity contribution < 1.29 is 32.6 Å². The summed E-state index contributed by atoms with van der Waals surface area (Å²) < 4.78 is 19.7. The van der Waals surface area contributed by atoms with E-state index in [2.05, 4.69) is 123 Å². The Labute approximate surface area is 306 Å². The van der Waals surface area contributed by atoms with Crippen LogP contribution in [0.4, 0.5) is 0 Å². The first-order chi connectivity index (χ1) is 25.8. The minimum Gasteiger partial charge on any atom is -0.337 e. The predicted molar refractivity (Wildman–Crippen MR) is 199 cm³/mol. The SMILES string of the molecule is O=P(O)(O)Cc1ccc(-[n+]2ccc(-c3cc[n+](Cc4cccc(C[n+]5ccc(-c6cc[n+](Cc7nc8ccccc8[nH]7)cc6)cc5)n4)cc3)cc2)cc1. The van der Waals surface area contributed by atoms with E-state index < -0.39 is 7.60 Å². The third-order valence-corrected chi connectivity index (χ3v) is 9.89. The number of aromatic amines is 1. The minimum absolute atomic E-state index is 0.260. The second-order valence-electron chi connectivity index (χ2n) is 13.1. The van der Waals surface area contributed by atoms with E-state index in [1.165, 1.54) is 0 Å². The normalized spacial score (nSPS) is 11.6. The van der Waals surface area contributed by atoms with Crippen LogP contribution in [0.15, 0.2) is 165 Å². The van der Waals surface area contributed by atoms with Crippen LogP contribution in [0.2, 0.25) is 0 Å². The van der Waals surface area contributed by atoms with Crippen LogP contribution in [0.1, 0.15) is 22.8 Å². The molecule has 0 fully saturated rings. The largest absolute Gasteiger partial charge is 0.337 e. The highest BCUT2D eigenvalue weighted by Gasteiger charge is 2.16. The Morgan fingerprint density at radius 2 is 1.02 bits per heavy atom. The molecule has 2 aromatic carbocycles. The van der Waals surface area contributed by atoms with E-state index in [-0.39, 0.29) is 6.16 Å². The van der Waals surface area contributed by atoms with Crippen molar-refractivity contribution in [1.82, 2.24) is 15.0 Å². The summed E-state index contributed by atoms with van der Waals surface area (Å²) in [5.74, 6) is 0.934. The lowest BCUT2D eigenvalue weighted by molar-refractivity contribution is -0.690. The first-order valence-electron chi connectivity index (χ1n) is 17.3. The van der Waals surface area contributed by atoms with Gasteiger partial charge in [-0.25, -0.2) is 9.97 Å². The molecule has 6 heterocycles. The number of hydrogen-bond acceptors (Lipinski definition) is 3. The van der Waals surface area contributed by atoms with Gasteiger partial charge in [0.1, 0.15) is 11.4 Å². The lowest BCUT2D eigenvalue weighted by atomic mass is 10.1. The first-order valence-corrected chi connectivity index (χ1v) is 19.1. The Hall–Kier alpha value is -6.19.